The molecule has 3 aliphatic rings. The van der Waals surface area contributed by atoms with Crippen molar-refractivity contribution in [3.05, 3.63) is 76.4 Å². The molecule has 0 N–H and O–H groups in total. The smallest absolute Gasteiger partial charge is 0.379 e. The zero-order valence-corrected chi connectivity index (χ0v) is 24.3. The quantitative estimate of drug-likeness (QED) is 0.301. The number of benzene rings is 2. The molecule has 1 unspecified atom stereocenters. The van der Waals surface area contributed by atoms with E-state index < -0.39 is 79.9 Å². The van der Waals surface area contributed by atoms with Crippen LogP contribution in [0, 0.1) is 11.8 Å². The molecule has 4 heterocycles. The van der Waals surface area contributed by atoms with Gasteiger partial charge in [0.1, 0.15) is 12.2 Å². The van der Waals surface area contributed by atoms with Crippen LogP contribution in [0.15, 0.2) is 42.7 Å². The summed E-state index contributed by atoms with van der Waals surface area (Å²) in [5.41, 5.74) is -1.37. The molecule has 2 aromatic carbocycles. The summed E-state index contributed by atoms with van der Waals surface area (Å²) in [6.07, 6.45) is -13.9. The van der Waals surface area contributed by atoms with Crippen LogP contribution in [0.1, 0.15) is 44.9 Å². The number of amides is 1. The van der Waals surface area contributed by atoms with Gasteiger partial charge >= 0.3 is 18.5 Å². The maximum absolute atomic E-state index is 14.3. The van der Waals surface area contributed by atoms with Crippen molar-refractivity contribution in [1.29, 1.82) is 0 Å². The SMILES string of the molecule is Cn1cnnc1CC1(c2cccc(N3Cc4c(cc(CN5CC(C(F)(F)F)C[C@H](C(F)(F)F)C5)cc4C(F)(F)F)C3=O)c2)COC1. The van der Waals surface area contributed by atoms with Crippen LogP contribution in [-0.4, -0.2) is 64.2 Å². The predicted molar refractivity (Wildman–Crippen MR) is 145 cm³/mol. The highest BCUT2D eigenvalue weighted by Crippen LogP contribution is 2.44. The number of aromatic nitrogens is 3. The highest BCUT2D eigenvalue weighted by atomic mass is 19.4. The molecule has 3 aliphatic heterocycles. The van der Waals surface area contributed by atoms with Crippen molar-refractivity contribution in [1.82, 2.24) is 19.7 Å². The minimum atomic E-state index is -4.94. The van der Waals surface area contributed by atoms with Crippen molar-refractivity contribution in [3.8, 4) is 0 Å². The number of piperidine rings is 1. The predicted octanol–water partition coefficient (Wildman–Crippen LogP) is 6.07. The van der Waals surface area contributed by atoms with Crippen LogP contribution in [0.4, 0.5) is 45.2 Å². The first kappa shape index (κ1) is 32.3. The molecule has 7 nitrogen and oxygen atoms in total. The molecule has 0 saturated carbocycles. The van der Waals surface area contributed by atoms with E-state index in [0.29, 0.717) is 37.2 Å². The van der Waals surface area contributed by atoms with Crippen LogP contribution in [0.5, 0.6) is 0 Å². The summed E-state index contributed by atoms with van der Waals surface area (Å²) >= 11 is 0. The van der Waals surface area contributed by atoms with Gasteiger partial charge in [0.05, 0.1) is 37.2 Å². The van der Waals surface area contributed by atoms with Crippen LogP contribution < -0.4 is 4.90 Å². The molecule has 0 bridgehead atoms. The molecule has 16 heteroatoms. The Balaban J connectivity index is 1.30. The molecule has 248 valence electrons. The normalized spacial score (nSPS) is 22.2. The summed E-state index contributed by atoms with van der Waals surface area (Å²) in [7, 11) is 1.79. The highest BCUT2D eigenvalue weighted by Gasteiger charge is 2.52. The Morgan fingerprint density at radius 2 is 1.63 bits per heavy atom. The van der Waals surface area contributed by atoms with Crippen LogP contribution in [0.2, 0.25) is 0 Å². The molecular weight excluding hydrogens is 633 g/mol. The Hall–Kier alpha value is -3.66. The van der Waals surface area contributed by atoms with E-state index in [-0.39, 0.29) is 16.7 Å². The zero-order valence-electron chi connectivity index (χ0n) is 24.3. The van der Waals surface area contributed by atoms with Gasteiger partial charge in [0.2, 0.25) is 0 Å². The van der Waals surface area contributed by atoms with E-state index in [1.807, 2.05) is 6.07 Å². The Bertz CT molecular complexity index is 1610. The fourth-order valence-electron chi connectivity index (χ4n) is 6.57. The Morgan fingerprint density at radius 3 is 2.17 bits per heavy atom. The minimum absolute atomic E-state index is 0.201. The first-order valence-corrected chi connectivity index (χ1v) is 14.4. The van der Waals surface area contributed by atoms with Crippen molar-refractivity contribution in [2.24, 2.45) is 18.9 Å². The Morgan fingerprint density at radius 1 is 0.957 bits per heavy atom. The molecule has 1 amide bonds. The molecule has 0 radical (unpaired) electrons. The van der Waals surface area contributed by atoms with E-state index in [1.165, 1.54) is 4.90 Å². The molecular formula is C30H28F9N5O2. The number of halogens is 9. The van der Waals surface area contributed by atoms with Crippen LogP contribution in [0.3, 0.4) is 0 Å². The lowest BCUT2D eigenvalue weighted by Crippen LogP contribution is -2.49. The number of rotatable bonds is 6. The zero-order chi connectivity index (χ0) is 33.2. The fraction of sp³-hybridized carbons (Fsp3) is 0.500. The van der Waals surface area contributed by atoms with Gasteiger partial charge in [-0.05, 0) is 47.4 Å². The number of fused-ring (bicyclic) bond motifs is 1. The summed E-state index contributed by atoms with van der Waals surface area (Å²) in [5.74, 6) is -4.66. The molecule has 0 spiro atoms. The van der Waals surface area contributed by atoms with E-state index in [2.05, 4.69) is 10.2 Å². The van der Waals surface area contributed by atoms with Crippen molar-refractivity contribution < 1.29 is 49.0 Å². The minimum Gasteiger partial charge on any atom is -0.379 e. The van der Waals surface area contributed by atoms with Crippen molar-refractivity contribution in [2.45, 2.75) is 49.9 Å². The topological polar surface area (TPSA) is 63.5 Å². The van der Waals surface area contributed by atoms with E-state index in [4.69, 9.17) is 4.74 Å². The highest BCUT2D eigenvalue weighted by molar-refractivity contribution is 6.10. The first-order chi connectivity index (χ1) is 21.4. The molecule has 2 fully saturated rings. The van der Waals surface area contributed by atoms with Gasteiger partial charge < -0.3 is 14.2 Å². The maximum atomic E-state index is 14.3. The summed E-state index contributed by atoms with van der Waals surface area (Å²) in [5, 5.41) is 8.03. The lowest BCUT2D eigenvalue weighted by Gasteiger charge is -2.42. The number of carbonyl (C=O) groups is 1. The average molecular weight is 662 g/mol. The average Bonchev–Trinajstić information content (AvgIpc) is 3.50. The largest absolute Gasteiger partial charge is 0.416 e. The number of aryl methyl sites for hydroxylation is 1. The van der Waals surface area contributed by atoms with Crippen molar-refractivity contribution in [2.75, 3.05) is 31.2 Å². The van der Waals surface area contributed by atoms with Gasteiger partial charge in [-0.1, -0.05) is 12.1 Å². The Labute approximate surface area is 256 Å². The van der Waals surface area contributed by atoms with Gasteiger partial charge in [0.25, 0.3) is 5.91 Å². The van der Waals surface area contributed by atoms with Gasteiger partial charge in [-0.25, -0.2) is 0 Å². The number of carbonyl (C=O) groups excluding carboxylic acids is 1. The molecule has 6 rings (SSSR count). The second-order valence-electron chi connectivity index (χ2n) is 12.3. The number of alkyl halides is 9. The number of anilines is 1. The number of ether oxygens (including phenoxy) is 1. The van der Waals surface area contributed by atoms with Crippen LogP contribution in [0.25, 0.3) is 0 Å². The monoisotopic (exact) mass is 661 g/mol. The van der Waals surface area contributed by atoms with Gasteiger partial charge in [0, 0.05) is 49.8 Å². The van der Waals surface area contributed by atoms with Gasteiger partial charge in [-0.3, -0.25) is 9.69 Å². The summed E-state index contributed by atoms with van der Waals surface area (Å²) in [6.45, 7) is -1.96. The summed E-state index contributed by atoms with van der Waals surface area (Å²) in [4.78, 5) is 15.7. The van der Waals surface area contributed by atoms with E-state index in [0.717, 1.165) is 16.5 Å². The van der Waals surface area contributed by atoms with Gasteiger partial charge in [-0.2, -0.15) is 39.5 Å². The fourth-order valence-corrected chi connectivity index (χ4v) is 6.57. The van der Waals surface area contributed by atoms with Crippen LogP contribution >= 0.6 is 0 Å². The van der Waals surface area contributed by atoms with Crippen LogP contribution in [-0.2, 0) is 42.9 Å². The number of nitrogens with zero attached hydrogens (tertiary/aromatic N) is 5. The number of likely N-dealkylation sites (tertiary alicyclic amines) is 1. The molecule has 3 aromatic rings. The Kier molecular flexibility index (Phi) is 7.89. The second kappa shape index (κ2) is 11.2. The first-order valence-electron chi connectivity index (χ1n) is 14.4. The maximum Gasteiger partial charge on any atom is 0.416 e. The third-order valence-electron chi connectivity index (χ3n) is 9.09. The summed E-state index contributed by atoms with van der Waals surface area (Å²) < 4.78 is 131. The van der Waals surface area contributed by atoms with Crippen molar-refractivity contribution in [3.63, 3.8) is 0 Å². The molecule has 46 heavy (non-hydrogen) atoms. The lowest BCUT2D eigenvalue weighted by molar-refractivity contribution is -0.231. The number of hydrogen-bond acceptors (Lipinski definition) is 5. The van der Waals surface area contributed by atoms with Gasteiger partial charge in [-0.15, -0.1) is 10.2 Å². The summed E-state index contributed by atoms with van der Waals surface area (Å²) in [6, 6.07) is 8.66. The third-order valence-corrected chi connectivity index (χ3v) is 9.09. The standard InChI is InChI=1S/C30H28F9N5O2/c1-42-16-40-41-25(42)9-27(14-46-15-27)18-3-2-4-21(8-18)44-13-23-22(26(44)45)5-17(6-24(23)30(37,38)39)10-43-11-19(28(31,32)33)7-20(12-43)29(34,35)36/h2-6,8,16,19-20H,7,9-15H2,1H3/t19-,20?/m0/s1. The van der Waals surface area contributed by atoms with E-state index >= 15 is 0 Å². The van der Waals surface area contributed by atoms with Crippen molar-refractivity contribution >= 4 is 11.6 Å². The number of hydrogen-bond donors (Lipinski definition) is 0. The second-order valence-corrected chi connectivity index (χ2v) is 12.3. The molecule has 0 aliphatic carbocycles. The van der Waals surface area contributed by atoms with E-state index in [1.54, 1.807) is 36.1 Å². The van der Waals surface area contributed by atoms with E-state index in [9.17, 15) is 44.3 Å². The molecule has 2 saturated heterocycles. The lowest BCUT2D eigenvalue weighted by atomic mass is 9.75. The van der Waals surface area contributed by atoms with Gasteiger partial charge in [0.15, 0.2) is 0 Å². The molecule has 1 aromatic heterocycles. The molecule has 2 atom stereocenters. The third kappa shape index (κ3) is 6.08.